The van der Waals surface area contributed by atoms with E-state index in [2.05, 4.69) is 29.5 Å². The van der Waals surface area contributed by atoms with Gasteiger partial charge in [0.1, 0.15) is 0 Å². The fraction of sp³-hybridized carbons (Fsp3) is 0.824. The van der Waals surface area contributed by atoms with E-state index >= 15 is 0 Å². The third kappa shape index (κ3) is 3.91. The summed E-state index contributed by atoms with van der Waals surface area (Å²) in [5.41, 5.74) is 0.506. The summed E-state index contributed by atoms with van der Waals surface area (Å²) in [5, 5.41) is 11.7. The number of carbonyl (C=O) groups excluding carboxylic acids is 1. The highest BCUT2D eigenvalue weighted by atomic mass is 16.2. The molecular weight excluding hydrogens is 290 g/mol. The minimum Gasteiger partial charge on any atom is -0.337 e. The average molecular weight is 319 g/mol. The van der Waals surface area contributed by atoms with Crippen LogP contribution >= 0.6 is 0 Å². The zero-order valence-electron chi connectivity index (χ0n) is 14.4. The fourth-order valence-corrected chi connectivity index (χ4v) is 3.78. The second-order valence-electron chi connectivity index (χ2n) is 7.29. The Balaban J connectivity index is 1.62. The smallest absolute Gasteiger partial charge is 0.276 e. The van der Waals surface area contributed by atoms with E-state index in [1.165, 1.54) is 6.42 Å². The normalized spacial score (nSPS) is 24.0. The molecule has 2 aliphatic rings. The van der Waals surface area contributed by atoms with Gasteiger partial charge in [-0.25, -0.2) is 4.68 Å². The minimum absolute atomic E-state index is 0.0505. The van der Waals surface area contributed by atoms with Crippen molar-refractivity contribution in [1.29, 1.82) is 0 Å². The Labute approximate surface area is 138 Å². The molecule has 0 aliphatic carbocycles. The van der Waals surface area contributed by atoms with Crippen LogP contribution in [-0.4, -0.2) is 52.0 Å². The van der Waals surface area contributed by atoms with Crippen LogP contribution in [0.5, 0.6) is 0 Å². The SMILES string of the molecule is CC(C)C1CCCN(C(=O)c2cn(C3CCNCC3)nn2)CC1. The lowest BCUT2D eigenvalue weighted by atomic mass is 9.89. The molecule has 128 valence electrons. The van der Waals surface area contributed by atoms with E-state index in [0.29, 0.717) is 17.7 Å². The van der Waals surface area contributed by atoms with Gasteiger partial charge in [0.2, 0.25) is 0 Å². The summed E-state index contributed by atoms with van der Waals surface area (Å²) in [7, 11) is 0. The van der Waals surface area contributed by atoms with Gasteiger partial charge >= 0.3 is 0 Å². The first kappa shape index (κ1) is 16.4. The largest absolute Gasteiger partial charge is 0.337 e. The number of nitrogens with zero attached hydrogens (tertiary/aromatic N) is 4. The second kappa shape index (κ2) is 7.43. The lowest BCUT2D eigenvalue weighted by Crippen LogP contribution is -2.32. The third-order valence-corrected chi connectivity index (χ3v) is 5.41. The molecule has 23 heavy (non-hydrogen) atoms. The van der Waals surface area contributed by atoms with Crippen LogP contribution in [0.2, 0.25) is 0 Å². The summed E-state index contributed by atoms with van der Waals surface area (Å²) >= 11 is 0. The van der Waals surface area contributed by atoms with Gasteiger partial charge < -0.3 is 10.2 Å². The van der Waals surface area contributed by atoms with Crippen molar-refractivity contribution < 1.29 is 4.79 Å². The van der Waals surface area contributed by atoms with Gasteiger partial charge in [0, 0.05) is 13.1 Å². The number of rotatable bonds is 3. The van der Waals surface area contributed by atoms with Crippen molar-refractivity contribution in [3.63, 3.8) is 0 Å². The van der Waals surface area contributed by atoms with E-state index in [4.69, 9.17) is 0 Å². The van der Waals surface area contributed by atoms with Crippen molar-refractivity contribution in [3.05, 3.63) is 11.9 Å². The Bertz CT molecular complexity index is 521. The number of nitrogens with one attached hydrogen (secondary N) is 1. The summed E-state index contributed by atoms with van der Waals surface area (Å²) in [6.07, 6.45) is 7.38. The lowest BCUT2D eigenvalue weighted by Gasteiger charge is -2.22. The zero-order chi connectivity index (χ0) is 16.2. The summed E-state index contributed by atoms with van der Waals surface area (Å²) in [5.74, 6) is 1.48. The Morgan fingerprint density at radius 3 is 2.74 bits per heavy atom. The van der Waals surface area contributed by atoms with Crippen molar-refractivity contribution >= 4 is 5.91 Å². The topological polar surface area (TPSA) is 63.1 Å². The number of hydrogen-bond acceptors (Lipinski definition) is 4. The van der Waals surface area contributed by atoms with Gasteiger partial charge in [-0.2, -0.15) is 0 Å². The minimum atomic E-state index is 0.0505. The maximum Gasteiger partial charge on any atom is 0.276 e. The molecule has 6 heteroatoms. The molecule has 0 aromatic carbocycles. The number of likely N-dealkylation sites (tertiary alicyclic amines) is 1. The van der Waals surface area contributed by atoms with Crippen molar-refractivity contribution in [2.75, 3.05) is 26.2 Å². The summed E-state index contributed by atoms with van der Waals surface area (Å²) in [4.78, 5) is 14.7. The summed E-state index contributed by atoms with van der Waals surface area (Å²) < 4.78 is 1.89. The first-order chi connectivity index (χ1) is 11.1. The average Bonchev–Trinajstić information content (AvgIpc) is 2.92. The molecule has 0 bridgehead atoms. The van der Waals surface area contributed by atoms with Gasteiger partial charge in [-0.15, -0.1) is 5.10 Å². The Morgan fingerprint density at radius 1 is 1.22 bits per heavy atom. The van der Waals surface area contributed by atoms with Crippen LogP contribution in [0.1, 0.15) is 62.5 Å². The van der Waals surface area contributed by atoms with Crippen LogP contribution in [0, 0.1) is 11.8 Å². The van der Waals surface area contributed by atoms with Crippen LogP contribution in [0.15, 0.2) is 6.20 Å². The second-order valence-corrected chi connectivity index (χ2v) is 7.29. The molecule has 3 rings (SSSR count). The zero-order valence-corrected chi connectivity index (χ0v) is 14.4. The first-order valence-corrected chi connectivity index (χ1v) is 9.07. The van der Waals surface area contributed by atoms with Crippen molar-refractivity contribution in [1.82, 2.24) is 25.2 Å². The van der Waals surface area contributed by atoms with Crippen molar-refractivity contribution in [3.8, 4) is 0 Å². The van der Waals surface area contributed by atoms with Gasteiger partial charge in [0.25, 0.3) is 5.91 Å². The molecule has 0 radical (unpaired) electrons. The molecule has 1 aromatic rings. The maximum atomic E-state index is 12.7. The Kier molecular flexibility index (Phi) is 5.30. The molecule has 1 aromatic heterocycles. The van der Waals surface area contributed by atoms with Gasteiger partial charge in [-0.05, 0) is 57.0 Å². The van der Waals surface area contributed by atoms with Gasteiger partial charge in [-0.3, -0.25) is 4.79 Å². The molecule has 1 N–H and O–H groups in total. The standard InChI is InChI=1S/C17H29N5O/c1-13(2)14-4-3-10-21(11-7-14)17(23)16-12-22(20-19-16)15-5-8-18-9-6-15/h12-15,18H,3-11H2,1-2H3. The van der Waals surface area contributed by atoms with Crippen LogP contribution < -0.4 is 5.32 Å². The van der Waals surface area contributed by atoms with Crippen LogP contribution in [0.3, 0.4) is 0 Å². The van der Waals surface area contributed by atoms with E-state index in [1.807, 2.05) is 15.8 Å². The number of aromatic nitrogens is 3. The molecule has 1 unspecified atom stereocenters. The maximum absolute atomic E-state index is 12.7. The lowest BCUT2D eigenvalue weighted by molar-refractivity contribution is 0.0752. The molecular formula is C17H29N5O. The first-order valence-electron chi connectivity index (χ1n) is 9.07. The number of hydrogen-bond donors (Lipinski definition) is 1. The van der Waals surface area contributed by atoms with Crippen molar-refractivity contribution in [2.24, 2.45) is 11.8 Å². The van der Waals surface area contributed by atoms with Gasteiger partial charge in [0.05, 0.1) is 12.2 Å². The van der Waals surface area contributed by atoms with E-state index in [1.54, 1.807) is 0 Å². The molecule has 1 amide bonds. The predicted octanol–water partition coefficient (Wildman–Crippen LogP) is 2.10. The van der Waals surface area contributed by atoms with E-state index in [9.17, 15) is 4.79 Å². The quantitative estimate of drug-likeness (QED) is 0.927. The van der Waals surface area contributed by atoms with Gasteiger partial charge in [-0.1, -0.05) is 19.1 Å². The molecule has 2 saturated heterocycles. The molecule has 3 heterocycles. The number of carbonyl (C=O) groups is 1. The molecule has 6 nitrogen and oxygen atoms in total. The fourth-order valence-electron chi connectivity index (χ4n) is 3.78. The van der Waals surface area contributed by atoms with Crippen LogP contribution in [0.25, 0.3) is 0 Å². The third-order valence-electron chi connectivity index (χ3n) is 5.41. The Hall–Kier alpha value is -1.43. The van der Waals surface area contributed by atoms with E-state index in [0.717, 1.165) is 57.8 Å². The van der Waals surface area contributed by atoms with E-state index in [-0.39, 0.29) is 5.91 Å². The Morgan fingerprint density at radius 2 is 2.00 bits per heavy atom. The predicted molar refractivity (Wildman–Crippen MR) is 89.2 cm³/mol. The molecule has 2 fully saturated rings. The summed E-state index contributed by atoms with van der Waals surface area (Å²) in [6, 6.07) is 0.375. The molecule has 1 atom stereocenters. The van der Waals surface area contributed by atoms with Crippen LogP contribution in [0.4, 0.5) is 0 Å². The number of piperidine rings is 1. The number of amides is 1. The summed E-state index contributed by atoms with van der Waals surface area (Å²) in [6.45, 7) is 8.29. The molecule has 0 saturated carbocycles. The monoisotopic (exact) mass is 319 g/mol. The molecule has 0 spiro atoms. The highest BCUT2D eigenvalue weighted by molar-refractivity contribution is 5.91. The highest BCUT2D eigenvalue weighted by Crippen LogP contribution is 2.25. The van der Waals surface area contributed by atoms with Crippen molar-refractivity contribution in [2.45, 2.75) is 52.0 Å². The van der Waals surface area contributed by atoms with Crippen LogP contribution in [-0.2, 0) is 0 Å². The highest BCUT2D eigenvalue weighted by Gasteiger charge is 2.25. The van der Waals surface area contributed by atoms with Gasteiger partial charge in [0.15, 0.2) is 5.69 Å². The van der Waals surface area contributed by atoms with E-state index < -0.39 is 0 Å². The molecule has 2 aliphatic heterocycles.